The second-order valence-corrected chi connectivity index (χ2v) is 4.90. The number of nitrogens with zero attached hydrogens (tertiary/aromatic N) is 2. The number of rotatable bonds is 6. The average molecular weight is 296 g/mol. The summed E-state index contributed by atoms with van der Waals surface area (Å²) in [5, 5.41) is 20.5. The summed E-state index contributed by atoms with van der Waals surface area (Å²) < 4.78 is 10.9. The van der Waals surface area contributed by atoms with Crippen molar-refractivity contribution in [2.75, 3.05) is 37.9 Å². The lowest BCUT2D eigenvalue weighted by molar-refractivity contribution is -0.384. The van der Waals surface area contributed by atoms with E-state index in [1.54, 1.807) is 6.07 Å². The summed E-state index contributed by atoms with van der Waals surface area (Å²) in [6, 6.07) is 4.51. The molecule has 0 aromatic heterocycles. The van der Waals surface area contributed by atoms with Gasteiger partial charge in [0.1, 0.15) is 5.75 Å². The van der Waals surface area contributed by atoms with E-state index in [-0.39, 0.29) is 18.3 Å². The highest BCUT2D eigenvalue weighted by molar-refractivity contribution is 5.59. The second kappa shape index (κ2) is 7.24. The van der Waals surface area contributed by atoms with Crippen LogP contribution in [0.3, 0.4) is 0 Å². The molecule has 1 N–H and O–H groups in total. The van der Waals surface area contributed by atoms with Crippen LogP contribution < -0.4 is 9.64 Å². The molecule has 0 radical (unpaired) electrons. The predicted molar refractivity (Wildman–Crippen MR) is 77.9 cm³/mol. The van der Waals surface area contributed by atoms with E-state index in [0.29, 0.717) is 37.8 Å². The van der Waals surface area contributed by atoms with Crippen molar-refractivity contribution < 1.29 is 19.5 Å². The van der Waals surface area contributed by atoms with E-state index in [2.05, 4.69) is 0 Å². The van der Waals surface area contributed by atoms with Gasteiger partial charge in [0.2, 0.25) is 0 Å². The highest BCUT2D eigenvalue weighted by Gasteiger charge is 2.24. The van der Waals surface area contributed by atoms with Crippen molar-refractivity contribution in [1.82, 2.24) is 0 Å². The molecule has 1 aromatic rings. The Morgan fingerprint density at radius 2 is 2.33 bits per heavy atom. The number of aliphatic hydroxyl groups is 1. The summed E-state index contributed by atoms with van der Waals surface area (Å²) in [6.07, 6.45) is 0.828. The predicted octanol–water partition coefficient (Wildman–Crippen LogP) is 1.58. The fraction of sp³-hybridized carbons (Fsp3) is 0.571. The van der Waals surface area contributed by atoms with Gasteiger partial charge in [0.25, 0.3) is 5.69 Å². The van der Waals surface area contributed by atoms with Crippen LogP contribution in [0.1, 0.15) is 13.3 Å². The monoisotopic (exact) mass is 296 g/mol. The summed E-state index contributed by atoms with van der Waals surface area (Å²) in [5.74, 6) is 0.476. The molecule has 7 nitrogen and oxygen atoms in total. The topological polar surface area (TPSA) is 85.1 Å². The van der Waals surface area contributed by atoms with Gasteiger partial charge in [0.15, 0.2) is 0 Å². The first-order chi connectivity index (χ1) is 10.2. The molecule has 0 amide bonds. The molecule has 1 aliphatic rings. The van der Waals surface area contributed by atoms with Crippen LogP contribution in [0.2, 0.25) is 0 Å². The number of nitro benzene ring substituents is 1. The van der Waals surface area contributed by atoms with Crippen molar-refractivity contribution in [2.45, 2.75) is 19.4 Å². The Balaban J connectivity index is 2.31. The summed E-state index contributed by atoms with van der Waals surface area (Å²) >= 11 is 0. The quantitative estimate of drug-likeness (QED) is 0.633. The van der Waals surface area contributed by atoms with Gasteiger partial charge in [0.05, 0.1) is 43.5 Å². The minimum atomic E-state index is -0.434. The molecule has 0 saturated carbocycles. The molecule has 1 saturated heterocycles. The molecule has 7 heteroatoms. The highest BCUT2D eigenvalue weighted by Crippen LogP contribution is 2.30. The summed E-state index contributed by atoms with van der Waals surface area (Å²) in [7, 11) is 0. The Kier molecular flexibility index (Phi) is 5.35. The number of hydrogen-bond acceptors (Lipinski definition) is 6. The van der Waals surface area contributed by atoms with Gasteiger partial charge in [0, 0.05) is 24.4 Å². The van der Waals surface area contributed by atoms with E-state index < -0.39 is 4.92 Å². The molecule has 0 aliphatic carbocycles. The maximum atomic E-state index is 11.1. The molecule has 0 bridgehead atoms. The van der Waals surface area contributed by atoms with Crippen molar-refractivity contribution in [3.05, 3.63) is 28.3 Å². The number of hydrogen-bond donors (Lipinski definition) is 1. The van der Waals surface area contributed by atoms with Gasteiger partial charge in [-0.25, -0.2) is 0 Å². The number of nitro groups is 1. The molecule has 1 unspecified atom stereocenters. The summed E-state index contributed by atoms with van der Waals surface area (Å²) in [6.45, 7) is 3.94. The minimum absolute atomic E-state index is 0.0122. The smallest absolute Gasteiger partial charge is 0.275 e. The van der Waals surface area contributed by atoms with Crippen LogP contribution >= 0.6 is 0 Å². The van der Waals surface area contributed by atoms with Crippen LogP contribution in [-0.4, -0.2) is 49.0 Å². The van der Waals surface area contributed by atoms with Gasteiger partial charge >= 0.3 is 0 Å². The van der Waals surface area contributed by atoms with E-state index in [0.717, 1.165) is 6.42 Å². The van der Waals surface area contributed by atoms with Gasteiger partial charge in [-0.2, -0.15) is 0 Å². The fourth-order valence-electron chi connectivity index (χ4n) is 2.29. The van der Waals surface area contributed by atoms with Crippen molar-refractivity contribution in [3.63, 3.8) is 0 Å². The highest BCUT2D eigenvalue weighted by atomic mass is 16.6. The van der Waals surface area contributed by atoms with Gasteiger partial charge in [-0.15, -0.1) is 0 Å². The number of ether oxygens (including phenoxy) is 2. The minimum Gasteiger partial charge on any atom is -0.493 e. The largest absolute Gasteiger partial charge is 0.493 e. The number of morpholine rings is 1. The van der Waals surface area contributed by atoms with E-state index in [1.807, 2.05) is 11.8 Å². The van der Waals surface area contributed by atoms with Crippen LogP contribution in [0.25, 0.3) is 0 Å². The molecule has 1 atom stereocenters. The van der Waals surface area contributed by atoms with E-state index >= 15 is 0 Å². The summed E-state index contributed by atoms with van der Waals surface area (Å²) in [5.41, 5.74) is 0.666. The molecule has 1 aliphatic heterocycles. The third kappa shape index (κ3) is 3.83. The zero-order chi connectivity index (χ0) is 15.2. The number of anilines is 1. The van der Waals surface area contributed by atoms with Crippen LogP contribution in [0.5, 0.6) is 5.75 Å². The Bertz CT molecular complexity index is 494. The van der Waals surface area contributed by atoms with E-state index in [9.17, 15) is 15.2 Å². The molecule has 1 fully saturated rings. The third-order valence-electron chi connectivity index (χ3n) is 3.33. The first kappa shape index (κ1) is 15.5. The summed E-state index contributed by atoms with van der Waals surface area (Å²) in [4.78, 5) is 12.6. The first-order valence-electron chi connectivity index (χ1n) is 7.03. The van der Waals surface area contributed by atoms with Crippen molar-refractivity contribution in [3.8, 4) is 5.75 Å². The zero-order valence-corrected chi connectivity index (χ0v) is 12.0. The molecular formula is C14H20N2O5. The fourth-order valence-corrected chi connectivity index (χ4v) is 2.29. The van der Waals surface area contributed by atoms with Gasteiger partial charge in [-0.3, -0.25) is 10.1 Å². The SMILES string of the molecule is CCCOc1cc(N2CCOCC2CO)cc([N+](=O)[O-])c1. The molecule has 2 rings (SSSR count). The van der Waals surface area contributed by atoms with Crippen LogP contribution in [0, 0.1) is 10.1 Å². The van der Waals surface area contributed by atoms with Gasteiger partial charge < -0.3 is 19.5 Å². The normalized spacial score (nSPS) is 18.6. The Hall–Kier alpha value is -1.86. The molecule has 1 heterocycles. The number of non-ortho nitro benzene ring substituents is 1. The zero-order valence-electron chi connectivity index (χ0n) is 12.0. The average Bonchev–Trinajstić information content (AvgIpc) is 2.52. The van der Waals surface area contributed by atoms with Crippen LogP contribution in [0.15, 0.2) is 18.2 Å². The molecule has 21 heavy (non-hydrogen) atoms. The van der Waals surface area contributed by atoms with Crippen molar-refractivity contribution >= 4 is 11.4 Å². The second-order valence-electron chi connectivity index (χ2n) is 4.90. The van der Waals surface area contributed by atoms with Gasteiger partial charge in [-0.05, 0) is 6.42 Å². The lowest BCUT2D eigenvalue weighted by atomic mass is 10.1. The van der Waals surface area contributed by atoms with Gasteiger partial charge in [-0.1, -0.05) is 6.92 Å². The molecule has 0 spiro atoms. The Labute approximate surface area is 123 Å². The van der Waals surface area contributed by atoms with Crippen LogP contribution in [0.4, 0.5) is 11.4 Å². The number of benzene rings is 1. The molecule has 116 valence electrons. The standard InChI is InChI=1S/C14H20N2O5/c1-2-4-21-14-7-11(6-12(8-14)16(18)19)15-3-5-20-10-13(15)9-17/h6-8,13,17H,2-5,9-10H2,1H3. The third-order valence-corrected chi connectivity index (χ3v) is 3.33. The van der Waals surface area contributed by atoms with Crippen molar-refractivity contribution in [2.24, 2.45) is 0 Å². The van der Waals surface area contributed by atoms with Crippen molar-refractivity contribution in [1.29, 1.82) is 0 Å². The van der Waals surface area contributed by atoms with Crippen LogP contribution in [-0.2, 0) is 4.74 Å². The maximum absolute atomic E-state index is 11.1. The molecular weight excluding hydrogens is 276 g/mol. The first-order valence-corrected chi connectivity index (χ1v) is 7.03. The molecule has 1 aromatic carbocycles. The van der Waals surface area contributed by atoms with E-state index in [4.69, 9.17) is 9.47 Å². The maximum Gasteiger partial charge on any atom is 0.275 e. The van der Waals surface area contributed by atoms with E-state index in [1.165, 1.54) is 12.1 Å². The lowest BCUT2D eigenvalue weighted by Gasteiger charge is -2.36. The lowest BCUT2D eigenvalue weighted by Crippen LogP contribution is -2.47. The Morgan fingerprint density at radius 3 is 3.00 bits per heavy atom. The number of aliphatic hydroxyl groups excluding tert-OH is 1. The Morgan fingerprint density at radius 1 is 1.52 bits per heavy atom.